The van der Waals surface area contributed by atoms with Crippen LogP contribution in [0.15, 0.2) is 48.8 Å². The van der Waals surface area contributed by atoms with Gasteiger partial charge in [-0.15, -0.1) is 0 Å². The van der Waals surface area contributed by atoms with Crippen molar-refractivity contribution >= 4 is 28.4 Å². The first-order chi connectivity index (χ1) is 15.2. The van der Waals surface area contributed by atoms with E-state index in [1.165, 1.54) is 7.11 Å². The van der Waals surface area contributed by atoms with Crippen LogP contribution in [0.2, 0.25) is 0 Å². The van der Waals surface area contributed by atoms with Crippen LogP contribution in [-0.2, 0) is 9.53 Å². The molecule has 2 aromatic heterocycles. The highest BCUT2D eigenvalue weighted by Crippen LogP contribution is 2.35. The summed E-state index contributed by atoms with van der Waals surface area (Å²) in [7, 11) is 1.53. The molecule has 0 spiro atoms. The number of carbonyl (C=O) groups is 1. The molecule has 31 heavy (non-hydrogen) atoms. The first kappa shape index (κ1) is 19.7. The predicted octanol–water partition coefficient (Wildman–Crippen LogP) is 1.97. The molecule has 2 saturated heterocycles. The number of ether oxygens (including phenoxy) is 1. The lowest BCUT2D eigenvalue weighted by molar-refractivity contribution is -0.125. The number of benzene rings is 1. The van der Waals surface area contributed by atoms with Gasteiger partial charge in [-0.25, -0.2) is 9.97 Å². The van der Waals surface area contributed by atoms with Crippen LogP contribution in [0.25, 0.3) is 10.9 Å². The summed E-state index contributed by atoms with van der Waals surface area (Å²) in [5.74, 6) is 2.18. The molecule has 4 heterocycles. The number of hydrogen-bond donors (Lipinski definition) is 1. The molecule has 0 bridgehead atoms. The van der Waals surface area contributed by atoms with Crippen LogP contribution >= 0.6 is 0 Å². The fraction of sp³-hybridized carbons (Fsp3) is 0.391. The quantitative estimate of drug-likeness (QED) is 0.655. The van der Waals surface area contributed by atoms with Crippen LogP contribution in [0.5, 0.6) is 0 Å². The smallest absolute Gasteiger partial charge is 0.246 e. The van der Waals surface area contributed by atoms with Gasteiger partial charge in [-0.2, -0.15) is 0 Å². The van der Waals surface area contributed by atoms with Gasteiger partial charge in [-0.3, -0.25) is 9.78 Å². The molecule has 2 aliphatic heterocycles. The zero-order chi connectivity index (χ0) is 21.2. The molecule has 5 rings (SSSR count). The fourth-order valence-corrected chi connectivity index (χ4v) is 4.41. The van der Waals surface area contributed by atoms with E-state index in [1.807, 2.05) is 18.2 Å². The first-order valence-corrected chi connectivity index (χ1v) is 10.7. The maximum absolute atomic E-state index is 11.8. The van der Waals surface area contributed by atoms with Crippen molar-refractivity contribution in [1.29, 1.82) is 0 Å². The van der Waals surface area contributed by atoms with E-state index in [2.05, 4.69) is 43.3 Å². The summed E-state index contributed by atoms with van der Waals surface area (Å²) in [4.78, 5) is 30.5. The second-order valence-corrected chi connectivity index (χ2v) is 8.16. The highest BCUT2D eigenvalue weighted by molar-refractivity contribution is 5.80. The van der Waals surface area contributed by atoms with Crippen LogP contribution < -0.4 is 15.1 Å². The van der Waals surface area contributed by atoms with Gasteiger partial charge >= 0.3 is 0 Å². The topological polar surface area (TPSA) is 83.5 Å². The number of pyridine rings is 1. The monoisotopic (exact) mass is 418 g/mol. The molecule has 0 radical (unpaired) electrons. The molecule has 1 aromatic carbocycles. The summed E-state index contributed by atoms with van der Waals surface area (Å²) in [6.45, 7) is 3.43. The van der Waals surface area contributed by atoms with Gasteiger partial charge in [0.05, 0.1) is 11.2 Å². The number of methoxy groups -OCH3 is 1. The minimum absolute atomic E-state index is 0.0776. The lowest BCUT2D eigenvalue weighted by Gasteiger charge is -2.40. The van der Waals surface area contributed by atoms with Gasteiger partial charge in [0.25, 0.3) is 0 Å². The number of rotatable bonds is 6. The molecule has 8 nitrogen and oxygen atoms in total. The second kappa shape index (κ2) is 8.47. The van der Waals surface area contributed by atoms with Gasteiger partial charge in [0, 0.05) is 63.0 Å². The minimum atomic E-state index is -0.0776. The number of nitrogens with one attached hydrogen (secondary N) is 1. The van der Waals surface area contributed by atoms with Crippen LogP contribution in [0.1, 0.15) is 18.0 Å². The number of hydrogen-bond acceptors (Lipinski definition) is 7. The van der Waals surface area contributed by atoms with Crippen molar-refractivity contribution in [2.75, 3.05) is 49.7 Å². The minimum Gasteiger partial charge on any atom is -0.375 e. The summed E-state index contributed by atoms with van der Waals surface area (Å²) in [5.41, 5.74) is 2.05. The Bertz CT molecular complexity index is 1080. The Kier molecular flexibility index (Phi) is 5.38. The van der Waals surface area contributed by atoms with Crippen molar-refractivity contribution in [3.63, 3.8) is 0 Å². The Balaban J connectivity index is 1.26. The van der Waals surface area contributed by atoms with E-state index < -0.39 is 0 Å². The molecule has 160 valence electrons. The number of carbonyl (C=O) groups excluding carboxylic acids is 1. The highest BCUT2D eigenvalue weighted by Gasteiger charge is 2.35. The van der Waals surface area contributed by atoms with E-state index in [0.717, 1.165) is 60.8 Å². The maximum atomic E-state index is 11.8. The average molecular weight is 419 g/mol. The van der Waals surface area contributed by atoms with Crippen molar-refractivity contribution in [1.82, 2.24) is 20.3 Å². The number of aromatic nitrogens is 3. The van der Waals surface area contributed by atoms with Gasteiger partial charge in [0.1, 0.15) is 12.4 Å². The number of para-hydroxylation sites is 1. The van der Waals surface area contributed by atoms with E-state index in [1.54, 1.807) is 12.4 Å². The zero-order valence-electron chi connectivity index (χ0n) is 17.6. The Morgan fingerprint density at radius 2 is 1.94 bits per heavy atom. The Labute approximate surface area is 181 Å². The third kappa shape index (κ3) is 4.03. The standard InChI is InChI=1S/C23H26N6O2/c1-31-15-21(30)26-18-8-11-28(14-18)23-22(24-9-10-25-23)17-12-29(13-17)20-7-6-16-4-2-3-5-19(16)27-20/h2-7,9-10,17-18H,8,11-15H2,1H3,(H,26,30)/t18-/m0/s1. The molecule has 0 saturated carbocycles. The average Bonchev–Trinajstić information content (AvgIpc) is 3.21. The molecular formula is C23H26N6O2. The fourth-order valence-electron chi connectivity index (χ4n) is 4.41. The lowest BCUT2D eigenvalue weighted by atomic mass is 9.95. The summed E-state index contributed by atoms with van der Waals surface area (Å²) in [5, 5.41) is 4.18. The van der Waals surface area contributed by atoms with E-state index in [4.69, 9.17) is 9.72 Å². The van der Waals surface area contributed by atoms with Gasteiger partial charge < -0.3 is 19.9 Å². The molecule has 1 amide bonds. The lowest BCUT2D eigenvalue weighted by Crippen LogP contribution is -2.46. The summed E-state index contributed by atoms with van der Waals surface area (Å²) >= 11 is 0. The molecule has 8 heteroatoms. The summed E-state index contributed by atoms with van der Waals surface area (Å²) < 4.78 is 4.91. The molecule has 0 unspecified atom stereocenters. The predicted molar refractivity (Wildman–Crippen MR) is 119 cm³/mol. The SMILES string of the molecule is COCC(=O)N[C@H]1CCN(c2nccnc2C2CN(c3ccc4ccccc4n3)C2)C1. The molecule has 2 fully saturated rings. The normalized spacial score (nSPS) is 18.9. The van der Waals surface area contributed by atoms with Crippen molar-refractivity contribution < 1.29 is 9.53 Å². The molecule has 0 aliphatic carbocycles. The number of amides is 1. The van der Waals surface area contributed by atoms with Gasteiger partial charge in [-0.05, 0) is 24.6 Å². The third-order valence-electron chi connectivity index (χ3n) is 6.01. The first-order valence-electron chi connectivity index (χ1n) is 10.7. The Hall–Kier alpha value is -3.26. The number of nitrogens with zero attached hydrogens (tertiary/aromatic N) is 5. The van der Waals surface area contributed by atoms with Crippen molar-refractivity contribution in [2.24, 2.45) is 0 Å². The van der Waals surface area contributed by atoms with Gasteiger partial charge in [0.2, 0.25) is 5.91 Å². The third-order valence-corrected chi connectivity index (χ3v) is 6.01. The second-order valence-electron chi connectivity index (χ2n) is 8.16. The number of anilines is 2. The Morgan fingerprint density at radius 1 is 1.10 bits per heavy atom. The molecule has 1 N–H and O–H groups in total. The van der Waals surface area contributed by atoms with Crippen LogP contribution in [0.3, 0.4) is 0 Å². The maximum Gasteiger partial charge on any atom is 0.246 e. The summed E-state index contributed by atoms with van der Waals surface area (Å²) in [6.07, 6.45) is 4.41. The van der Waals surface area contributed by atoms with Crippen molar-refractivity contribution in [3.8, 4) is 0 Å². The molecular weight excluding hydrogens is 392 g/mol. The van der Waals surface area contributed by atoms with Crippen LogP contribution in [0.4, 0.5) is 11.6 Å². The van der Waals surface area contributed by atoms with Gasteiger partial charge in [0.15, 0.2) is 5.82 Å². The molecule has 1 atom stereocenters. The zero-order valence-corrected chi connectivity index (χ0v) is 17.6. The van der Waals surface area contributed by atoms with Gasteiger partial charge in [-0.1, -0.05) is 18.2 Å². The van der Waals surface area contributed by atoms with Crippen molar-refractivity contribution in [2.45, 2.75) is 18.4 Å². The van der Waals surface area contributed by atoms with Crippen molar-refractivity contribution in [3.05, 3.63) is 54.5 Å². The van der Waals surface area contributed by atoms with Crippen LogP contribution in [0, 0.1) is 0 Å². The highest BCUT2D eigenvalue weighted by atomic mass is 16.5. The molecule has 2 aliphatic rings. The van der Waals surface area contributed by atoms with E-state index in [0.29, 0.717) is 5.92 Å². The van der Waals surface area contributed by atoms with Crippen LogP contribution in [-0.4, -0.2) is 66.8 Å². The Morgan fingerprint density at radius 3 is 2.81 bits per heavy atom. The van der Waals surface area contributed by atoms with E-state index >= 15 is 0 Å². The van der Waals surface area contributed by atoms with E-state index in [-0.39, 0.29) is 18.6 Å². The number of fused-ring (bicyclic) bond motifs is 1. The largest absolute Gasteiger partial charge is 0.375 e. The summed E-state index contributed by atoms with van der Waals surface area (Å²) in [6, 6.07) is 12.5. The molecule has 3 aromatic rings. The van der Waals surface area contributed by atoms with E-state index in [9.17, 15) is 4.79 Å².